The van der Waals surface area contributed by atoms with E-state index in [2.05, 4.69) is 35.9 Å². The number of urea groups is 1. The minimum Gasteiger partial charge on any atom is -0.384 e. The van der Waals surface area contributed by atoms with Crippen LogP contribution in [0.4, 0.5) is 4.79 Å². The van der Waals surface area contributed by atoms with Crippen LogP contribution in [0.2, 0.25) is 0 Å². The molecule has 1 aliphatic carbocycles. The molecule has 13 nitrogen and oxygen atoms in total. The first-order valence-corrected chi connectivity index (χ1v) is 15.9. The summed E-state index contributed by atoms with van der Waals surface area (Å²) in [5, 5.41) is 20.2. The molecule has 45 heavy (non-hydrogen) atoms. The first kappa shape index (κ1) is 32.3. The number of imide groups is 1. The number of aliphatic hydroxyl groups excluding tert-OH is 1. The van der Waals surface area contributed by atoms with Crippen molar-refractivity contribution in [1.29, 1.82) is 0 Å². The van der Waals surface area contributed by atoms with Crippen molar-refractivity contribution in [3.63, 3.8) is 0 Å². The predicted molar refractivity (Wildman–Crippen MR) is 166 cm³/mol. The second kappa shape index (κ2) is 16.3. The summed E-state index contributed by atoms with van der Waals surface area (Å²) in [5.41, 5.74) is 1.54. The number of nitrogens with zero attached hydrogens (tertiary/aromatic N) is 3. The van der Waals surface area contributed by atoms with Crippen LogP contribution in [-0.4, -0.2) is 92.2 Å². The van der Waals surface area contributed by atoms with Gasteiger partial charge < -0.3 is 30.0 Å². The number of ether oxygens (including phenoxy) is 1. The summed E-state index contributed by atoms with van der Waals surface area (Å²) in [6, 6.07) is 6.57. The average molecular weight is 621 g/mol. The molecule has 3 heterocycles. The molecule has 4 atom stereocenters. The lowest BCUT2D eigenvalue weighted by atomic mass is 9.83. The van der Waals surface area contributed by atoms with Gasteiger partial charge in [-0.2, -0.15) is 0 Å². The Morgan fingerprint density at radius 3 is 2.44 bits per heavy atom. The number of imidazole rings is 2. The van der Waals surface area contributed by atoms with Gasteiger partial charge in [0.25, 0.3) is 0 Å². The summed E-state index contributed by atoms with van der Waals surface area (Å²) in [6.07, 6.45) is 12.1. The van der Waals surface area contributed by atoms with Crippen molar-refractivity contribution in [3.05, 3.63) is 72.3 Å². The Balaban J connectivity index is 1.33. The van der Waals surface area contributed by atoms with E-state index in [1.54, 1.807) is 23.5 Å². The van der Waals surface area contributed by atoms with E-state index in [9.17, 15) is 19.5 Å². The zero-order valence-electron chi connectivity index (χ0n) is 25.5. The number of hydrogen-bond donors (Lipinski definition) is 6. The molecule has 4 amide bonds. The molecule has 1 saturated carbocycles. The van der Waals surface area contributed by atoms with Crippen LogP contribution in [0, 0.1) is 5.92 Å². The van der Waals surface area contributed by atoms with Crippen LogP contribution < -0.4 is 16.0 Å². The molecule has 5 rings (SSSR count). The number of carbonyl (C=O) groups excluding carboxylic acids is 3. The van der Waals surface area contributed by atoms with Crippen LogP contribution in [0.25, 0.3) is 0 Å². The number of benzene rings is 1. The van der Waals surface area contributed by atoms with Crippen molar-refractivity contribution in [3.8, 4) is 0 Å². The smallest absolute Gasteiger partial charge is 0.318 e. The van der Waals surface area contributed by atoms with Crippen molar-refractivity contribution in [2.45, 2.75) is 75.6 Å². The molecule has 1 aliphatic heterocycles. The highest BCUT2D eigenvalue weighted by molar-refractivity contribution is 6.01. The van der Waals surface area contributed by atoms with Crippen LogP contribution in [0.1, 0.15) is 61.7 Å². The summed E-state index contributed by atoms with van der Waals surface area (Å²) >= 11 is 0. The van der Waals surface area contributed by atoms with Gasteiger partial charge in [-0.15, -0.1) is 0 Å². The Bertz CT molecular complexity index is 1320. The SMILES string of the molecule is O=C(NC(=O)[C@H](Cc1cnc[nH]1)N[C@@H](CC1CCCCC1)[C@@H](O)c1ncc[nH]1)[C@H](Cc1ccccc1)NC(=O)N1CCOCC1. The standard InChI is InChI=1S/C32H44N8O5/c41-28(29-34-11-12-35-29)25(17-22-7-3-1-4-8-22)37-27(19-24-20-33-21-36-24)31(43)39-30(42)26(18-23-9-5-2-6-10-23)38-32(44)40-13-15-45-16-14-40/h2,5-6,9-12,20-22,25-28,37,41H,1,3-4,7-8,13-19H2,(H,33,36)(H,34,35)(H,38,44)(H,39,42,43)/t25-,26-,27-,28+/m0/s1. The van der Waals surface area contributed by atoms with Crippen LogP contribution >= 0.6 is 0 Å². The van der Waals surface area contributed by atoms with E-state index in [0.29, 0.717) is 50.2 Å². The number of nitrogens with one attached hydrogen (secondary N) is 5. The van der Waals surface area contributed by atoms with Gasteiger partial charge in [-0.1, -0.05) is 62.4 Å². The summed E-state index contributed by atoms with van der Waals surface area (Å²) in [5.74, 6) is -0.372. The summed E-state index contributed by atoms with van der Waals surface area (Å²) < 4.78 is 5.36. The van der Waals surface area contributed by atoms with Gasteiger partial charge in [0.15, 0.2) is 0 Å². The number of rotatable bonds is 13. The molecule has 3 aromatic rings. The summed E-state index contributed by atoms with van der Waals surface area (Å²) in [4.78, 5) is 56.7. The zero-order chi connectivity index (χ0) is 31.4. The molecule has 2 fully saturated rings. The van der Waals surface area contributed by atoms with Crippen LogP contribution in [0.3, 0.4) is 0 Å². The molecule has 2 aromatic heterocycles. The summed E-state index contributed by atoms with van der Waals surface area (Å²) in [7, 11) is 0. The van der Waals surface area contributed by atoms with Gasteiger partial charge in [-0.25, -0.2) is 14.8 Å². The highest BCUT2D eigenvalue weighted by atomic mass is 16.5. The number of hydrogen-bond acceptors (Lipinski definition) is 8. The number of carbonyl (C=O) groups is 3. The Hall–Kier alpha value is -4.07. The van der Waals surface area contributed by atoms with E-state index in [4.69, 9.17) is 4.74 Å². The van der Waals surface area contributed by atoms with E-state index in [-0.39, 0.29) is 18.9 Å². The van der Waals surface area contributed by atoms with Gasteiger partial charge in [0.1, 0.15) is 18.0 Å². The highest BCUT2D eigenvalue weighted by Gasteiger charge is 2.34. The first-order chi connectivity index (χ1) is 22.0. The molecule has 1 aromatic carbocycles. The van der Waals surface area contributed by atoms with Crippen molar-refractivity contribution >= 4 is 17.8 Å². The molecule has 242 valence electrons. The Morgan fingerprint density at radius 1 is 1.00 bits per heavy atom. The lowest BCUT2D eigenvalue weighted by Crippen LogP contribution is -2.58. The number of aliphatic hydroxyl groups is 1. The van der Waals surface area contributed by atoms with Crippen molar-refractivity contribution in [2.24, 2.45) is 5.92 Å². The fraction of sp³-hybridized carbons (Fsp3) is 0.531. The topological polar surface area (TPSA) is 177 Å². The molecule has 1 saturated heterocycles. The molecule has 6 N–H and O–H groups in total. The monoisotopic (exact) mass is 620 g/mol. The minimum atomic E-state index is -0.994. The number of amides is 4. The number of H-pyrrole nitrogens is 2. The lowest BCUT2D eigenvalue weighted by molar-refractivity contribution is -0.133. The van der Waals surface area contributed by atoms with E-state index in [1.807, 2.05) is 30.3 Å². The van der Waals surface area contributed by atoms with Crippen LogP contribution in [0.5, 0.6) is 0 Å². The van der Waals surface area contributed by atoms with Crippen LogP contribution in [-0.2, 0) is 27.2 Å². The van der Waals surface area contributed by atoms with Gasteiger partial charge in [0, 0.05) is 56.3 Å². The fourth-order valence-electron chi connectivity index (χ4n) is 6.16. The molecule has 2 aliphatic rings. The van der Waals surface area contributed by atoms with E-state index >= 15 is 0 Å². The maximum Gasteiger partial charge on any atom is 0.318 e. The molecule has 0 radical (unpaired) electrons. The fourth-order valence-corrected chi connectivity index (χ4v) is 6.16. The summed E-state index contributed by atoms with van der Waals surface area (Å²) in [6.45, 7) is 1.69. The average Bonchev–Trinajstić information content (AvgIpc) is 3.80. The van der Waals surface area contributed by atoms with Crippen LogP contribution in [0.15, 0.2) is 55.2 Å². The second-order valence-electron chi connectivity index (χ2n) is 11.9. The quantitative estimate of drug-likeness (QED) is 0.168. The zero-order valence-corrected chi connectivity index (χ0v) is 25.5. The number of aromatic amines is 2. The van der Waals surface area contributed by atoms with Crippen molar-refractivity contribution < 1.29 is 24.2 Å². The Labute approximate surface area is 262 Å². The second-order valence-corrected chi connectivity index (χ2v) is 11.9. The maximum atomic E-state index is 13.9. The number of morpholine rings is 1. The molecular formula is C32H44N8O5. The first-order valence-electron chi connectivity index (χ1n) is 15.9. The van der Waals surface area contributed by atoms with Crippen molar-refractivity contribution in [1.82, 2.24) is 40.8 Å². The normalized spacial score (nSPS) is 18.5. The largest absolute Gasteiger partial charge is 0.384 e. The third kappa shape index (κ3) is 9.46. The molecule has 13 heteroatoms. The van der Waals surface area contributed by atoms with Gasteiger partial charge >= 0.3 is 6.03 Å². The molecule has 0 bridgehead atoms. The lowest BCUT2D eigenvalue weighted by Gasteiger charge is -2.32. The van der Waals surface area contributed by atoms with Gasteiger partial charge in [-0.3, -0.25) is 20.2 Å². The van der Waals surface area contributed by atoms with Gasteiger partial charge in [0.2, 0.25) is 11.8 Å². The van der Waals surface area contributed by atoms with Gasteiger partial charge in [-0.05, 0) is 17.9 Å². The Morgan fingerprint density at radius 2 is 1.76 bits per heavy atom. The van der Waals surface area contributed by atoms with E-state index < -0.39 is 36.0 Å². The van der Waals surface area contributed by atoms with Gasteiger partial charge in [0.05, 0.1) is 25.6 Å². The van der Waals surface area contributed by atoms with Crippen molar-refractivity contribution in [2.75, 3.05) is 26.3 Å². The predicted octanol–water partition coefficient (Wildman–Crippen LogP) is 2.00. The molecular weight excluding hydrogens is 576 g/mol. The number of aromatic nitrogens is 4. The minimum absolute atomic E-state index is 0.203. The van der Waals surface area contributed by atoms with E-state index in [1.165, 1.54) is 12.7 Å². The van der Waals surface area contributed by atoms with E-state index in [0.717, 1.165) is 31.2 Å². The third-order valence-corrected chi connectivity index (χ3v) is 8.64. The molecule has 0 spiro atoms. The maximum absolute atomic E-state index is 13.9. The Kier molecular flexibility index (Phi) is 11.7. The highest BCUT2D eigenvalue weighted by Crippen LogP contribution is 2.30. The molecule has 0 unspecified atom stereocenters. The third-order valence-electron chi connectivity index (χ3n) is 8.64.